The van der Waals surface area contributed by atoms with Gasteiger partial charge in [0.15, 0.2) is 0 Å². The van der Waals surface area contributed by atoms with Crippen molar-refractivity contribution in [2.45, 2.75) is 110 Å². The molecule has 1 fully saturated rings. The number of amides is 3. The van der Waals surface area contributed by atoms with E-state index in [1.165, 1.54) is 0 Å². The summed E-state index contributed by atoms with van der Waals surface area (Å²) in [7, 11) is 0. The van der Waals surface area contributed by atoms with Crippen molar-refractivity contribution in [2.24, 2.45) is 11.8 Å². The van der Waals surface area contributed by atoms with Gasteiger partial charge in [0, 0.05) is 18.9 Å². The number of carbonyl (C=O) groups excluding carboxylic acids is 3. The van der Waals surface area contributed by atoms with E-state index >= 15 is 0 Å². The van der Waals surface area contributed by atoms with E-state index in [-0.39, 0.29) is 30.1 Å². The molecule has 0 aromatic rings. The van der Waals surface area contributed by atoms with Crippen molar-refractivity contribution < 1.29 is 19.5 Å². The molecule has 1 rings (SSSR count). The largest absolute Gasteiger partial charge is 0.391 e. The minimum atomic E-state index is -0.820. The molecule has 4 N–H and O–H groups in total. The highest BCUT2D eigenvalue weighted by molar-refractivity contribution is 5.87. The fourth-order valence-corrected chi connectivity index (χ4v) is 3.88. The molecule has 1 aliphatic rings. The van der Waals surface area contributed by atoms with E-state index in [2.05, 4.69) is 29.8 Å². The SMILES string of the molecule is CCCCNC(=O)[C@H](C)C[C@H](O)[C@@H]1C[C@H](C)CCCCCCC(=O)N[C@@H](C)C(=O)N1. The number of nitrogens with one attached hydrogen (secondary N) is 3. The van der Waals surface area contributed by atoms with Crippen molar-refractivity contribution in [3.05, 3.63) is 0 Å². The number of rotatable bonds is 7. The normalized spacial score (nSPS) is 26.6. The van der Waals surface area contributed by atoms with Gasteiger partial charge in [-0.3, -0.25) is 14.4 Å². The van der Waals surface area contributed by atoms with Crippen molar-refractivity contribution in [1.82, 2.24) is 16.0 Å². The van der Waals surface area contributed by atoms with E-state index in [9.17, 15) is 19.5 Å². The number of carbonyl (C=O) groups is 3. The third-order valence-corrected chi connectivity index (χ3v) is 5.94. The Hall–Kier alpha value is -1.63. The topological polar surface area (TPSA) is 108 Å². The number of hydrogen-bond acceptors (Lipinski definition) is 4. The van der Waals surface area contributed by atoms with Crippen molar-refractivity contribution in [3.63, 3.8) is 0 Å². The van der Waals surface area contributed by atoms with Crippen LogP contribution in [0.2, 0.25) is 0 Å². The zero-order valence-corrected chi connectivity index (χ0v) is 19.3. The molecule has 7 nitrogen and oxygen atoms in total. The Kier molecular flexibility index (Phi) is 12.7. The van der Waals surface area contributed by atoms with Gasteiger partial charge >= 0.3 is 0 Å². The molecule has 0 saturated carbocycles. The summed E-state index contributed by atoms with van der Waals surface area (Å²) in [5.74, 6) is -0.460. The van der Waals surface area contributed by atoms with E-state index < -0.39 is 18.2 Å². The fraction of sp³-hybridized carbons (Fsp3) is 0.870. The van der Waals surface area contributed by atoms with Gasteiger partial charge in [-0.1, -0.05) is 52.9 Å². The molecular formula is C23H43N3O4. The summed E-state index contributed by atoms with van der Waals surface area (Å²) in [6.07, 6.45) is 7.53. The molecule has 1 aliphatic heterocycles. The van der Waals surface area contributed by atoms with Crippen LogP contribution in [0, 0.1) is 11.8 Å². The van der Waals surface area contributed by atoms with Crippen LogP contribution in [0.5, 0.6) is 0 Å². The first-order valence-electron chi connectivity index (χ1n) is 11.8. The standard InChI is InChI=1S/C23H43N3O4/c1-5-6-13-24-22(29)17(3)15-20(27)19-14-16(2)11-9-7-8-10-12-21(28)25-18(4)23(30)26-19/h16-20,27H,5-15H2,1-4H3,(H,24,29)(H,25,28)(H,26,30)/t16-,17-,18+,19+,20+/m1/s1. The van der Waals surface area contributed by atoms with E-state index in [4.69, 9.17) is 0 Å². The van der Waals surface area contributed by atoms with Crippen LogP contribution in [0.1, 0.15) is 91.9 Å². The van der Waals surface area contributed by atoms with Crippen LogP contribution in [-0.4, -0.2) is 47.6 Å². The number of aliphatic hydroxyl groups is 1. The van der Waals surface area contributed by atoms with Gasteiger partial charge in [0.25, 0.3) is 0 Å². The van der Waals surface area contributed by atoms with Gasteiger partial charge in [0.1, 0.15) is 6.04 Å². The second kappa shape index (κ2) is 14.4. The first kappa shape index (κ1) is 26.4. The monoisotopic (exact) mass is 425 g/mol. The van der Waals surface area contributed by atoms with Crippen LogP contribution in [0.3, 0.4) is 0 Å². The molecular weight excluding hydrogens is 382 g/mol. The summed E-state index contributed by atoms with van der Waals surface area (Å²) in [6, 6.07) is -1.10. The van der Waals surface area contributed by atoms with Gasteiger partial charge in [-0.25, -0.2) is 0 Å². The minimum absolute atomic E-state index is 0.0663. The average molecular weight is 426 g/mol. The Morgan fingerprint density at radius 1 is 1.17 bits per heavy atom. The zero-order valence-electron chi connectivity index (χ0n) is 19.3. The van der Waals surface area contributed by atoms with Crippen LogP contribution in [0.4, 0.5) is 0 Å². The lowest BCUT2D eigenvalue weighted by molar-refractivity contribution is -0.130. The Balaban J connectivity index is 2.77. The number of unbranched alkanes of at least 4 members (excludes halogenated alkanes) is 1. The lowest BCUT2D eigenvalue weighted by Gasteiger charge is -2.29. The second-order valence-corrected chi connectivity index (χ2v) is 9.05. The molecule has 30 heavy (non-hydrogen) atoms. The van der Waals surface area contributed by atoms with E-state index in [1.54, 1.807) is 6.92 Å². The summed E-state index contributed by atoms with van der Waals surface area (Å²) in [6.45, 7) is 8.32. The Bertz CT molecular complexity index is 541. The average Bonchev–Trinajstić information content (AvgIpc) is 2.69. The Labute approximate surface area is 182 Å². The summed E-state index contributed by atoms with van der Waals surface area (Å²) in [4.78, 5) is 36.9. The first-order chi connectivity index (χ1) is 14.2. The third-order valence-electron chi connectivity index (χ3n) is 5.94. The second-order valence-electron chi connectivity index (χ2n) is 9.05. The fourth-order valence-electron chi connectivity index (χ4n) is 3.88. The molecule has 0 unspecified atom stereocenters. The van der Waals surface area contributed by atoms with Crippen LogP contribution >= 0.6 is 0 Å². The van der Waals surface area contributed by atoms with E-state index in [0.29, 0.717) is 25.3 Å². The predicted molar refractivity (Wildman–Crippen MR) is 119 cm³/mol. The maximum Gasteiger partial charge on any atom is 0.242 e. The molecule has 3 amide bonds. The third kappa shape index (κ3) is 10.4. The molecule has 0 bridgehead atoms. The van der Waals surface area contributed by atoms with Crippen LogP contribution in [0.25, 0.3) is 0 Å². The van der Waals surface area contributed by atoms with Crippen molar-refractivity contribution in [3.8, 4) is 0 Å². The molecule has 0 spiro atoms. The highest BCUT2D eigenvalue weighted by Gasteiger charge is 2.29. The van der Waals surface area contributed by atoms with Crippen molar-refractivity contribution in [1.29, 1.82) is 0 Å². The molecule has 0 aromatic carbocycles. The molecule has 0 aromatic heterocycles. The van der Waals surface area contributed by atoms with Crippen LogP contribution in [-0.2, 0) is 14.4 Å². The van der Waals surface area contributed by atoms with E-state index in [1.807, 2.05) is 6.92 Å². The molecule has 5 atom stereocenters. The lowest BCUT2D eigenvalue weighted by atomic mass is 9.89. The first-order valence-corrected chi connectivity index (χ1v) is 11.8. The van der Waals surface area contributed by atoms with Crippen LogP contribution in [0.15, 0.2) is 0 Å². The van der Waals surface area contributed by atoms with Crippen LogP contribution < -0.4 is 16.0 Å². The van der Waals surface area contributed by atoms with Gasteiger partial charge in [0.05, 0.1) is 12.1 Å². The Morgan fingerprint density at radius 2 is 1.87 bits per heavy atom. The lowest BCUT2D eigenvalue weighted by Crippen LogP contribution is -2.52. The van der Waals surface area contributed by atoms with Gasteiger partial charge < -0.3 is 21.1 Å². The molecule has 174 valence electrons. The maximum absolute atomic E-state index is 12.6. The predicted octanol–water partition coefficient (Wildman–Crippen LogP) is 2.66. The van der Waals surface area contributed by atoms with Crippen molar-refractivity contribution >= 4 is 17.7 Å². The summed E-state index contributed by atoms with van der Waals surface area (Å²) in [5, 5.41) is 19.4. The van der Waals surface area contributed by atoms with Gasteiger partial charge in [-0.05, 0) is 38.5 Å². The number of aliphatic hydroxyl groups excluding tert-OH is 1. The smallest absolute Gasteiger partial charge is 0.242 e. The maximum atomic E-state index is 12.6. The van der Waals surface area contributed by atoms with Gasteiger partial charge in [-0.2, -0.15) is 0 Å². The Morgan fingerprint density at radius 3 is 2.57 bits per heavy atom. The summed E-state index contributed by atoms with van der Waals surface area (Å²) >= 11 is 0. The molecule has 7 heteroatoms. The highest BCUT2D eigenvalue weighted by Crippen LogP contribution is 2.21. The molecule has 0 aliphatic carbocycles. The van der Waals surface area contributed by atoms with Gasteiger partial charge in [0.2, 0.25) is 17.7 Å². The van der Waals surface area contributed by atoms with Crippen molar-refractivity contribution in [2.75, 3.05) is 6.54 Å². The summed E-state index contributed by atoms with van der Waals surface area (Å²) in [5.41, 5.74) is 0. The quantitative estimate of drug-likeness (QED) is 0.470. The summed E-state index contributed by atoms with van der Waals surface area (Å²) < 4.78 is 0. The van der Waals surface area contributed by atoms with Gasteiger partial charge in [-0.15, -0.1) is 0 Å². The minimum Gasteiger partial charge on any atom is -0.391 e. The zero-order chi connectivity index (χ0) is 22.5. The van der Waals surface area contributed by atoms with E-state index in [0.717, 1.165) is 44.9 Å². The molecule has 1 saturated heterocycles. The number of hydrogen-bond donors (Lipinski definition) is 4. The molecule has 0 radical (unpaired) electrons. The highest BCUT2D eigenvalue weighted by atomic mass is 16.3. The molecule has 1 heterocycles.